The number of amides is 2. The lowest BCUT2D eigenvalue weighted by Gasteiger charge is -2.39. The second kappa shape index (κ2) is 14.3. The maximum Gasteiger partial charge on any atom is 0.303 e. The highest BCUT2D eigenvalue weighted by molar-refractivity contribution is 5.87. The molecule has 9 atom stereocenters. The van der Waals surface area contributed by atoms with Crippen LogP contribution in [0.25, 0.3) is 0 Å². The summed E-state index contributed by atoms with van der Waals surface area (Å²) in [6.07, 6.45) is 14.7. The van der Waals surface area contributed by atoms with E-state index in [9.17, 15) is 14.4 Å². The molecule has 2 amide bonds. The van der Waals surface area contributed by atoms with Crippen LogP contribution in [-0.2, 0) is 33.3 Å². The first-order valence-electron chi connectivity index (χ1n) is 15.7. The van der Waals surface area contributed by atoms with Crippen molar-refractivity contribution in [1.29, 1.82) is 0 Å². The number of hydrogen-bond donors (Lipinski definition) is 2. The summed E-state index contributed by atoms with van der Waals surface area (Å²) in [4.78, 5) is 36.0. The predicted octanol–water partition coefficient (Wildman–Crippen LogP) is 4.31. The van der Waals surface area contributed by atoms with Crippen molar-refractivity contribution in [2.75, 3.05) is 6.61 Å². The van der Waals surface area contributed by atoms with Crippen molar-refractivity contribution in [2.24, 2.45) is 11.8 Å². The van der Waals surface area contributed by atoms with Crippen LogP contribution in [0.15, 0.2) is 36.0 Å². The number of ether oxygens (including phenoxy) is 4. The molecule has 1 saturated carbocycles. The maximum atomic E-state index is 12.5. The van der Waals surface area contributed by atoms with Crippen LogP contribution in [0.3, 0.4) is 0 Å². The minimum Gasteiger partial charge on any atom is -0.459 e. The van der Waals surface area contributed by atoms with E-state index in [1.165, 1.54) is 19.4 Å². The van der Waals surface area contributed by atoms with Gasteiger partial charge in [-0.2, -0.15) is 0 Å². The molecule has 9 heteroatoms. The van der Waals surface area contributed by atoms with Crippen LogP contribution in [0.1, 0.15) is 86.5 Å². The summed E-state index contributed by atoms with van der Waals surface area (Å²) in [7, 11) is 0. The van der Waals surface area contributed by atoms with Gasteiger partial charge in [0.1, 0.15) is 6.10 Å². The third-order valence-electron chi connectivity index (χ3n) is 9.28. The summed E-state index contributed by atoms with van der Waals surface area (Å²) < 4.78 is 23.7. The Kier molecular flexibility index (Phi) is 11.1. The quantitative estimate of drug-likeness (QED) is 0.160. The lowest BCUT2D eigenvalue weighted by Crippen LogP contribution is -2.50. The summed E-state index contributed by atoms with van der Waals surface area (Å²) in [5, 5.41) is 6.16. The lowest BCUT2D eigenvalue weighted by atomic mass is 9.81. The van der Waals surface area contributed by atoms with Crippen molar-refractivity contribution in [2.45, 2.75) is 135 Å². The van der Waals surface area contributed by atoms with Crippen molar-refractivity contribution in [1.82, 2.24) is 10.6 Å². The van der Waals surface area contributed by atoms with Crippen molar-refractivity contribution < 1.29 is 33.3 Å². The zero-order chi connectivity index (χ0) is 30.4. The van der Waals surface area contributed by atoms with Crippen molar-refractivity contribution in [3.05, 3.63) is 36.0 Å². The number of nitrogens with one attached hydrogen (secondary N) is 2. The van der Waals surface area contributed by atoms with E-state index in [1.807, 2.05) is 6.92 Å². The second-order valence-corrected chi connectivity index (χ2v) is 12.9. The zero-order valence-electron chi connectivity index (χ0n) is 26.1. The van der Waals surface area contributed by atoms with E-state index >= 15 is 0 Å². The predicted molar refractivity (Wildman–Crippen MR) is 159 cm³/mol. The molecule has 234 valence electrons. The first-order valence-corrected chi connectivity index (χ1v) is 15.7. The van der Waals surface area contributed by atoms with Crippen molar-refractivity contribution >= 4 is 17.8 Å². The Balaban J connectivity index is 1.25. The van der Waals surface area contributed by atoms with E-state index in [4.69, 9.17) is 18.9 Å². The van der Waals surface area contributed by atoms with Gasteiger partial charge in [0.2, 0.25) is 11.8 Å². The van der Waals surface area contributed by atoms with Crippen molar-refractivity contribution in [3.8, 4) is 0 Å². The molecule has 1 aliphatic carbocycles. The minimum atomic E-state index is -0.457. The van der Waals surface area contributed by atoms with Crippen LogP contribution in [0.5, 0.6) is 0 Å². The van der Waals surface area contributed by atoms with E-state index in [0.29, 0.717) is 12.5 Å². The van der Waals surface area contributed by atoms with Gasteiger partial charge in [-0.1, -0.05) is 37.6 Å². The highest BCUT2D eigenvalue weighted by atomic mass is 16.6. The van der Waals surface area contributed by atoms with Gasteiger partial charge >= 0.3 is 5.97 Å². The lowest BCUT2D eigenvalue weighted by molar-refractivity contribution is -0.143. The molecule has 9 unspecified atom stereocenters. The van der Waals surface area contributed by atoms with Gasteiger partial charge in [-0.25, -0.2) is 0 Å². The first-order chi connectivity index (χ1) is 19.9. The largest absolute Gasteiger partial charge is 0.459 e. The number of allylic oxidation sites excluding steroid dienone is 2. The molecule has 0 radical (unpaired) electrons. The Morgan fingerprint density at radius 3 is 2.45 bits per heavy atom. The fraction of sp³-hybridized carbons (Fsp3) is 0.727. The van der Waals surface area contributed by atoms with E-state index in [2.05, 4.69) is 49.6 Å². The Hall–Kier alpha value is -2.49. The van der Waals surface area contributed by atoms with Crippen LogP contribution in [-0.4, -0.2) is 72.6 Å². The summed E-state index contributed by atoms with van der Waals surface area (Å²) >= 11 is 0. The summed E-state index contributed by atoms with van der Waals surface area (Å²) in [6, 6.07) is 0.247. The topological polar surface area (TPSA) is 115 Å². The van der Waals surface area contributed by atoms with Gasteiger partial charge in [0.15, 0.2) is 0 Å². The highest BCUT2D eigenvalue weighted by Gasteiger charge is 2.56. The van der Waals surface area contributed by atoms with Gasteiger partial charge in [-0.05, 0) is 64.9 Å². The Labute approximate surface area is 250 Å². The molecule has 0 aromatic rings. The Morgan fingerprint density at radius 1 is 1.07 bits per heavy atom. The molecule has 4 fully saturated rings. The minimum absolute atomic E-state index is 0.0579. The van der Waals surface area contributed by atoms with Gasteiger partial charge in [0.25, 0.3) is 0 Å². The monoisotopic (exact) mass is 586 g/mol. The number of rotatable bonds is 11. The zero-order valence-corrected chi connectivity index (χ0v) is 26.1. The van der Waals surface area contributed by atoms with E-state index < -0.39 is 6.10 Å². The van der Waals surface area contributed by atoms with Gasteiger partial charge in [-0.15, -0.1) is 0 Å². The van der Waals surface area contributed by atoms with Crippen LogP contribution >= 0.6 is 0 Å². The van der Waals surface area contributed by atoms with Crippen LogP contribution < -0.4 is 10.6 Å². The summed E-state index contributed by atoms with van der Waals surface area (Å²) in [6.45, 7) is 12.2. The molecular weight excluding hydrogens is 536 g/mol. The number of hydrogen-bond acceptors (Lipinski definition) is 7. The summed E-state index contributed by atoms with van der Waals surface area (Å²) in [5.74, 6) is -0.0317. The van der Waals surface area contributed by atoms with Crippen LogP contribution in [0.4, 0.5) is 0 Å². The molecule has 4 rings (SSSR count). The number of carbonyl (C=O) groups excluding carboxylic acids is 3. The van der Waals surface area contributed by atoms with E-state index in [-0.39, 0.29) is 65.7 Å². The average molecular weight is 587 g/mol. The number of epoxide rings is 1. The van der Waals surface area contributed by atoms with Crippen LogP contribution in [0.2, 0.25) is 0 Å². The molecule has 3 heterocycles. The fourth-order valence-corrected chi connectivity index (χ4v) is 6.19. The molecule has 0 bridgehead atoms. The Morgan fingerprint density at radius 2 is 1.81 bits per heavy atom. The molecular formula is C33H50N2O7. The smallest absolute Gasteiger partial charge is 0.303 e. The van der Waals surface area contributed by atoms with Gasteiger partial charge < -0.3 is 29.6 Å². The van der Waals surface area contributed by atoms with Crippen molar-refractivity contribution in [3.63, 3.8) is 0 Å². The SMILES string of the molecule is CC(=O)OC(C)C=CC(=O)NC1CC(C)C(CC=C(C)C=CC2OC(CC(=O)NC3CCC3)CC3(CO3)C2C)OC1C. The van der Waals surface area contributed by atoms with Crippen LogP contribution in [0, 0.1) is 11.8 Å². The molecule has 9 nitrogen and oxygen atoms in total. The molecule has 0 aromatic heterocycles. The number of esters is 1. The second-order valence-electron chi connectivity index (χ2n) is 12.9. The molecule has 0 aromatic carbocycles. The highest BCUT2D eigenvalue weighted by Crippen LogP contribution is 2.47. The molecule has 42 heavy (non-hydrogen) atoms. The number of carbonyl (C=O) groups is 3. The molecule has 3 aliphatic heterocycles. The fourth-order valence-electron chi connectivity index (χ4n) is 6.19. The molecule has 2 N–H and O–H groups in total. The Bertz CT molecular complexity index is 1060. The molecule has 1 spiro atoms. The van der Waals surface area contributed by atoms with Gasteiger partial charge in [0.05, 0.1) is 49.1 Å². The molecule has 4 aliphatic rings. The van der Waals surface area contributed by atoms with Gasteiger partial charge in [-0.3, -0.25) is 14.4 Å². The maximum absolute atomic E-state index is 12.5. The average Bonchev–Trinajstić information content (AvgIpc) is 3.67. The first kappa shape index (κ1) is 32.4. The third kappa shape index (κ3) is 9.01. The van der Waals surface area contributed by atoms with E-state index in [1.54, 1.807) is 13.0 Å². The standard InChI is InChI=1S/C33H50N2O7/c1-20(10-13-29-21(2)16-28(24(5)41-29)35-31(37)15-12-22(3)40-25(6)36)11-14-30-23(4)33(19-39-33)18-27(42-30)17-32(38)34-26-8-7-9-26/h10-12,14-15,21-24,26-30H,7-9,13,16-19H2,1-6H3,(H,34,38)(H,35,37). The normalized spacial score (nSPS) is 36.0. The third-order valence-corrected chi connectivity index (χ3v) is 9.28. The van der Waals surface area contributed by atoms with Gasteiger partial charge in [0, 0.05) is 31.4 Å². The van der Waals surface area contributed by atoms with E-state index in [0.717, 1.165) is 44.3 Å². The summed E-state index contributed by atoms with van der Waals surface area (Å²) in [5.41, 5.74) is 0.961. The molecule has 3 saturated heterocycles.